The van der Waals surface area contributed by atoms with Crippen molar-refractivity contribution in [2.24, 2.45) is 0 Å². The van der Waals surface area contributed by atoms with Crippen molar-refractivity contribution >= 4 is 5.91 Å². The van der Waals surface area contributed by atoms with E-state index in [4.69, 9.17) is 0 Å². The molecular formula is C10H17N3O. The van der Waals surface area contributed by atoms with E-state index in [1.807, 2.05) is 0 Å². The molecule has 78 valence electrons. The molecule has 0 saturated heterocycles. The van der Waals surface area contributed by atoms with Crippen molar-refractivity contribution < 1.29 is 4.79 Å². The van der Waals surface area contributed by atoms with Crippen LogP contribution in [0.4, 0.5) is 0 Å². The van der Waals surface area contributed by atoms with Gasteiger partial charge in [-0.2, -0.15) is 0 Å². The zero-order valence-corrected chi connectivity index (χ0v) is 8.79. The first kappa shape index (κ1) is 10.8. The van der Waals surface area contributed by atoms with Gasteiger partial charge in [-0.1, -0.05) is 13.3 Å². The Hall–Kier alpha value is -1.32. The number of hydrogen-bond donors (Lipinski definition) is 1. The van der Waals surface area contributed by atoms with E-state index in [0.29, 0.717) is 13.0 Å². The molecule has 1 heterocycles. The number of aromatic nitrogens is 2. The van der Waals surface area contributed by atoms with E-state index >= 15 is 0 Å². The third-order valence-corrected chi connectivity index (χ3v) is 2.11. The normalized spacial score (nSPS) is 10.1. The molecule has 0 bridgehead atoms. The van der Waals surface area contributed by atoms with Gasteiger partial charge in [0.15, 0.2) is 0 Å². The monoisotopic (exact) mass is 195 g/mol. The van der Waals surface area contributed by atoms with Crippen LogP contribution in [0.1, 0.15) is 32.0 Å². The molecule has 0 aromatic carbocycles. The van der Waals surface area contributed by atoms with E-state index in [1.165, 1.54) is 0 Å². The molecule has 4 heteroatoms. The van der Waals surface area contributed by atoms with E-state index in [-0.39, 0.29) is 5.91 Å². The molecular weight excluding hydrogens is 178 g/mol. The number of nitrogens with one attached hydrogen (secondary N) is 1. The van der Waals surface area contributed by atoms with Crippen LogP contribution in [0, 0.1) is 0 Å². The van der Waals surface area contributed by atoms with Crippen molar-refractivity contribution in [2.75, 3.05) is 7.05 Å². The summed E-state index contributed by atoms with van der Waals surface area (Å²) in [5.74, 6) is 1.01. The number of hydrogen-bond acceptors (Lipinski definition) is 2. The lowest BCUT2D eigenvalue weighted by atomic mass is 10.2. The second-order valence-electron chi connectivity index (χ2n) is 3.39. The summed E-state index contributed by atoms with van der Waals surface area (Å²) in [5, 5.41) is 0. The number of imidazole rings is 1. The maximum Gasteiger partial charge on any atom is 0.222 e. The lowest BCUT2D eigenvalue weighted by Gasteiger charge is -2.15. The van der Waals surface area contributed by atoms with Gasteiger partial charge >= 0.3 is 0 Å². The fraction of sp³-hybridized carbons (Fsp3) is 0.600. The Morgan fingerprint density at radius 3 is 3.00 bits per heavy atom. The Kier molecular flexibility index (Phi) is 4.16. The lowest BCUT2D eigenvalue weighted by molar-refractivity contribution is -0.130. The molecule has 0 aliphatic carbocycles. The van der Waals surface area contributed by atoms with E-state index in [1.54, 1.807) is 24.3 Å². The number of H-pyrrole nitrogens is 1. The van der Waals surface area contributed by atoms with Gasteiger partial charge in [0, 0.05) is 25.9 Å². The van der Waals surface area contributed by atoms with Gasteiger partial charge in [-0.05, 0) is 6.42 Å². The molecule has 0 fully saturated rings. The van der Waals surface area contributed by atoms with Gasteiger partial charge in [-0.25, -0.2) is 4.98 Å². The predicted octanol–water partition coefficient (Wildman–Crippen LogP) is 1.56. The summed E-state index contributed by atoms with van der Waals surface area (Å²) < 4.78 is 0. The molecule has 1 amide bonds. The first-order chi connectivity index (χ1) is 6.74. The highest BCUT2D eigenvalue weighted by Gasteiger charge is 2.08. The van der Waals surface area contributed by atoms with Gasteiger partial charge in [-0.15, -0.1) is 0 Å². The lowest BCUT2D eigenvalue weighted by Crippen LogP contribution is -2.26. The van der Waals surface area contributed by atoms with Crippen LogP contribution in [-0.4, -0.2) is 27.8 Å². The highest BCUT2D eigenvalue weighted by Crippen LogP contribution is 2.02. The minimum absolute atomic E-state index is 0.184. The number of carbonyl (C=O) groups is 1. The van der Waals surface area contributed by atoms with Crippen LogP contribution in [0.25, 0.3) is 0 Å². The number of nitrogens with zero attached hydrogens (tertiary/aromatic N) is 2. The molecule has 0 atom stereocenters. The van der Waals surface area contributed by atoms with Crippen molar-refractivity contribution in [3.8, 4) is 0 Å². The highest BCUT2D eigenvalue weighted by molar-refractivity contribution is 5.75. The predicted molar refractivity (Wildman–Crippen MR) is 54.6 cm³/mol. The summed E-state index contributed by atoms with van der Waals surface area (Å²) in [4.78, 5) is 20.3. The first-order valence-electron chi connectivity index (χ1n) is 4.96. The van der Waals surface area contributed by atoms with Crippen molar-refractivity contribution in [3.63, 3.8) is 0 Å². The summed E-state index contributed by atoms with van der Waals surface area (Å²) >= 11 is 0. The molecule has 0 saturated carbocycles. The summed E-state index contributed by atoms with van der Waals surface area (Å²) in [6.45, 7) is 2.65. The maximum absolute atomic E-state index is 11.5. The van der Waals surface area contributed by atoms with Gasteiger partial charge in [0.25, 0.3) is 0 Å². The minimum Gasteiger partial charge on any atom is -0.347 e. The summed E-state index contributed by atoms with van der Waals surface area (Å²) in [5.41, 5.74) is 0. The molecule has 4 nitrogen and oxygen atoms in total. The van der Waals surface area contributed by atoms with Gasteiger partial charge in [0.1, 0.15) is 5.82 Å². The molecule has 0 aliphatic rings. The van der Waals surface area contributed by atoms with Gasteiger partial charge in [-0.3, -0.25) is 4.79 Å². The molecule has 0 aliphatic heterocycles. The first-order valence-corrected chi connectivity index (χ1v) is 4.96. The fourth-order valence-corrected chi connectivity index (χ4v) is 1.22. The Bertz CT molecular complexity index is 269. The molecule has 0 radical (unpaired) electrons. The largest absolute Gasteiger partial charge is 0.347 e. The summed E-state index contributed by atoms with van der Waals surface area (Å²) in [6.07, 6.45) is 6.11. The van der Waals surface area contributed by atoms with E-state index in [0.717, 1.165) is 18.7 Å². The molecule has 1 aromatic rings. The third-order valence-electron chi connectivity index (χ3n) is 2.11. The number of aromatic amines is 1. The zero-order chi connectivity index (χ0) is 10.4. The number of carbonyl (C=O) groups excluding carboxylic acids is 1. The van der Waals surface area contributed by atoms with E-state index < -0.39 is 0 Å². The highest BCUT2D eigenvalue weighted by atomic mass is 16.2. The topological polar surface area (TPSA) is 49.0 Å². The summed E-state index contributed by atoms with van der Waals surface area (Å²) in [7, 11) is 1.81. The van der Waals surface area contributed by atoms with Crippen LogP contribution < -0.4 is 0 Å². The molecule has 1 N–H and O–H groups in total. The van der Waals surface area contributed by atoms with Gasteiger partial charge < -0.3 is 9.88 Å². The molecule has 0 spiro atoms. The van der Waals surface area contributed by atoms with Crippen LogP contribution in [0.2, 0.25) is 0 Å². The Morgan fingerprint density at radius 2 is 2.43 bits per heavy atom. The SMILES string of the molecule is CCCCC(=O)N(C)Cc1ncc[nH]1. The second-order valence-corrected chi connectivity index (χ2v) is 3.39. The Morgan fingerprint density at radius 1 is 1.64 bits per heavy atom. The van der Waals surface area contributed by atoms with Gasteiger partial charge in [0.05, 0.1) is 6.54 Å². The smallest absolute Gasteiger partial charge is 0.222 e. The van der Waals surface area contributed by atoms with Crippen molar-refractivity contribution in [1.29, 1.82) is 0 Å². The molecule has 1 rings (SSSR count). The third kappa shape index (κ3) is 3.20. The van der Waals surface area contributed by atoms with Crippen molar-refractivity contribution in [2.45, 2.75) is 32.7 Å². The number of rotatable bonds is 5. The zero-order valence-electron chi connectivity index (χ0n) is 8.79. The fourth-order valence-electron chi connectivity index (χ4n) is 1.22. The summed E-state index contributed by atoms with van der Waals surface area (Å²) in [6, 6.07) is 0. The Balaban J connectivity index is 2.34. The number of amides is 1. The average Bonchev–Trinajstić information content (AvgIpc) is 2.66. The number of unbranched alkanes of at least 4 members (excludes halogenated alkanes) is 1. The van der Waals surface area contributed by atoms with Crippen LogP contribution in [0.3, 0.4) is 0 Å². The quantitative estimate of drug-likeness (QED) is 0.775. The average molecular weight is 195 g/mol. The standard InChI is InChI=1S/C10H17N3O/c1-3-4-5-10(14)13(2)8-9-11-6-7-12-9/h6-7H,3-5,8H2,1-2H3,(H,11,12). The minimum atomic E-state index is 0.184. The van der Waals surface area contributed by atoms with Crippen LogP contribution >= 0.6 is 0 Å². The molecule has 14 heavy (non-hydrogen) atoms. The van der Waals surface area contributed by atoms with Crippen LogP contribution in [0.5, 0.6) is 0 Å². The molecule has 0 unspecified atom stereocenters. The maximum atomic E-state index is 11.5. The van der Waals surface area contributed by atoms with Crippen LogP contribution in [-0.2, 0) is 11.3 Å². The second kappa shape index (κ2) is 5.42. The van der Waals surface area contributed by atoms with Crippen molar-refractivity contribution in [3.05, 3.63) is 18.2 Å². The van der Waals surface area contributed by atoms with Gasteiger partial charge in [0.2, 0.25) is 5.91 Å². The van der Waals surface area contributed by atoms with Crippen molar-refractivity contribution in [1.82, 2.24) is 14.9 Å². The van der Waals surface area contributed by atoms with E-state index in [9.17, 15) is 4.79 Å². The van der Waals surface area contributed by atoms with E-state index in [2.05, 4.69) is 16.9 Å². The molecule has 1 aromatic heterocycles. The Labute approximate surface area is 84.3 Å². The van der Waals surface area contributed by atoms with Crippen LogP contribution in [0.15, 0.2) is 12.4 Å².